The maximum absolute atomic E-state index is 14.2. The van der Waals surface area contributed by atoms with Gasteiger partial charge in [-0.05, 0) is 36.8 Å². The largest absolute Gasteiger partial charge is 0.368 e. The molecule has 1 unspecified atom stereocenters. The average molecular weight is 483 g/mol. The van der Waals surface area contributed by atoms with Gasteiger partial charge in [-0.3, -0.25) is 19.4 Å². The third-order valence-corrected chi connectivity index (χ3v) is 7.36. The van der Waals surface area contributed by atoms with Gasteiger partial charge in [0, 0.05) is 23.7 Å². The van der Waals surface area contributed by atoms with Crippen LogP contribution in [0.25, 0.3) is 0 Å². The van der Waals surface area contributed by atoms with Crippen molar-refractivity contribution in [2.24, 2.45) is 16.6 Å². The van der Waals surface area contributed by atoms with Gasteiger partial charge < -0.3 is 16.0 Å². The summed E-state index contributed by atoms with van der Waals surface area (Å²) in [5.74, 6) is -1.58. The van der Waals surface area contributed by atoms with Crippen LogP contribution < -0.4 is 11.1 Å². The summed E-state index contributed by atoms with van der Waals surface area (Å²) in [4.78, 5) is 44.5. The topological polar surface area (TPSA) is 105 Å². The molecule has 4 atom stereocenters. The second-order valence-electron chi connectivity index (χ2n) is 9.05. The van der Waals surface area contributed by atoms with Gasteiger partial charge >= 0.3 is 0 Å². The van der Waals surface area contributed by atoms with E-state index in [0.717, 1.165) is 24.8 Å². The van der Waals surface area contributed by atoms with Gasteiger partial charge in [0.2, 0.25) is 17.7 Å². The summed E-state index contributed by atoms with van der Waals surface area (Å²) >= 11 is 5.84. The third kappa shape index (κ3) is 3.86. The Morgan fingerprint density at radius 2 is 1.94 bits per heavy atom. The molecule has 3 N–H and O–H groups in total. The van der Waals surface area contributed by atoms with Gasteiger partial charge in [0.1, 0.15) is 11.9 Å². The van der Waals surface area contributed by atoms with Crippen LogP contribution in [0.15, 0.2) is 47.5 Å². The quantitative estimate of drug-likeness (QED) is 0.661. The van der Waals surface area contributed by atoms with Gasteiger partial charge in [0.05, 0.1) is 17.2 Å². The molecule has 3 amide bonds. The summed E-state index contributed by atoms with van der Waals surface area (Å²) in [7, 11) is 0. The molecule has 1 saturated carbocycles. The maximum atomic E-state index is 14.2. The van der Waals surface area contributed by atoms with Gasteiger partial charge in [0.15, 0.2) is 6.04 Å². The Kier molecular flexibility index (Phi) is 5.85. The fourth-order valence-corrected chi connectivity index (χ4v) is 5.74. The number of nitrogens with one attached hydrogen (secondary N) is 1. The number of fused-ring (bicyclic) bond motifs is 3. The molecule has 2 bridgehead atoms. The van der Waals surface area contributed by atoms with E-state index in [1.54, 1.807) is 29.2 Å². The van der Waals surface area contributed by atoms with Gasteiger partial charge in [-0.15, -0.1) is 0 Å². The van der Waals surface area contributed by atoms with Crippen LogP contribution >= 0.6 is 11.6 Å². The zero-order valence-corrected chi connectivity index (χ0v) is 19.1. The average Bonchev–Trinajstić information content (AvgIpc) is 3.53. The Balaban J connectivity index is 1.33. The van der Waals surface area contributed by atoms with E-state index in [1.165, 1.54) is 6.07 Å². The van der Waals surface area contributed by atoms with Crippen molar-refractivity contribution in [1.82, 2.24) is 10.2 Å². The van der Waals surface area contributed by atoms with Crippen LogP contribution in [-0.2, 0) is 20.9 Å². The van der Waals surface area contributed by atoms with Crippen molar-refractivity contribution in [1.29, 1.82) is 0 Å². The summed E-state index contributed by atoms with van der Waals surface area (Å²) in [6, 6.07) is 10.4. The van der Waals surface area contributed by atoms with Crippen molar-refractivity contribution in [3.05, 3.63) is 70.0 Å². The number of hydrogen-bond donors (Lipinski definition) is 2. The number of rotatable bonds is 6. The van der Waals surface area contributed by atoms with Crippen molar-refractivity contribution in [2.45, 2.75) is 50.4 Å². The smallest absolute Gasteiger partial charge is 0.246 e. The van der Waals surface area contributed by atoms with Crippen LogP contribution in [0.2, 0.25) is 5.02 Å². The lowest BCUT2D eigenvalue weighted by atomic mass is 9.96. The lowest BCUT2D eigenvalue weighted by molar-refractivity contribution is -0.142. The highest BCUT2D eigenvalue weighted by Gasteiger charge is 2.51. The summed E-state index contributed by atoms with van der Waals surface area (Å²) < 4.78 is 14.2. The fraction of sp³-hybridized carbons (Fsp3) is 0.360. The molecular formula is C25H24ClFN4O3. The zero-order valence-electron chi connectivity index (χ0n) is 18.3. The minimum absolute atomic E-state index is 0.00430. The van der Waals surface area contributed by atoms with E-state index >= 15 is 0 Å². The van der Waals surface area contributed by atoms with Crippen LogP contribution in [0, 0.1) is 11.7 Å². The van der Waals surface area contributed by atoms with Crippen molar-refractivity contribution < 1.29 is 18.8 Å². The molecule has 3 aliphatic rings. The van der Waals surface area contributed by atoms with E-state index in [9.17, 15) is 18.8 Å². The monoisotopic (exact) mass is 482 g/mol. The summed E-state index contributed by atoms with van der Waals surface area (Å²) in [5, 5.41) is 2.78. The summed E-state index contributed by atoms with van der Waals surface area (Å²) in [5.41, 5.74) is 7.74. The van der Waals surface area contributed by atoms with Gasteiger partial charge in [-0.2, -0.15) is 0 Å². The summed E-state index contributed by atoms with van der Waals surface area (Å²) in [6.45, 7) is -0.0124. The predicted octanol–water partition coefficient (Wildman–Crippen LogP) is 2.89. The molecule has 2 aliphatic heterocycles. The molecular weight excluding hydrogens is 459 g/mol. The highest BCUT2D eigenvalue weighted by Crippen LogP contribution is 2.43. The zero-order chi connectivity index (χ0) is 24.0. The number of benzene rings is 2. The molecule has 7 nitrogen and oxygen atoms in total. The number of nitrogens with two attached hydrogens (primary N) is 1. The number of halogens is 2. The maximum Gasteiger partial charge on any atom is 0.246 e. The number of nitrogens with zero attached hydrogens (tertiary/aromatic N) is 2. The van der Waals surface area contributed by atoms with E-state index in [-0.39, 0.29) is 47.3 Å². The van der Waals surface area contributed by atoms with Crippen molar-refractivity contribution in [2.75, 3.05) is 0 Å². The first-order chi connectivity index (χ1) is 16.3. The third-order valence-electron chi connectivity index (χ3n) is 7.07. The molecule has 1 saturated heterocycles. The van der Waals surface area contributed by atoms with E-state index in [0.29, 0.717) is 11.3 Å². The number of carbonyl (C=O) groups excluding carboxylic acids is 3. The minimum atomic E-state index is -0.805. The predicted molar refractivity (Wildman–Crippen MR) is 125 cm³/mol. The normalized spacial score (nSPS) is 24.6. The number of carbonyl (C=O) groups is 3. The Labute approximate surface area is 201 Å². The summed E-state index contributed by atoms with van der Waals surface area (Å²) in [6.07, 6.45) is 2.46. The Morgan fingerprint density at radius 3 is 2.74 bits per heavy atom. The molecule has 2 fully saturated rings. The molecule has 2 aromatic rings. The number of hydrogen-bond acceptors (Lipinski definition) is 4. The van der Waals surface area contributed by atoms with Gasteiger partial charge in [-0.1, -0.05) is 48.0 Å². The molecule has 0 spiro atoms. The first-order valence-corrected chi connectivity index (χ1v) is 11.7. The molecule has 9 heteroatoms. The molecule has 176 valence electrons. The molecule has 2 heterocycles. The van der Waals surface area contributed by atoms with Crippen molar-refractivity contribution in [3.63, 3.8) is 0 Å². The fourth-order valence-electron chi connectivity index (χ4n) is 5.54. The van der Waals surface area contributed by atoms with Gasteiger partial charge in [0.25, 0.3) is 0 Å². The van der Waals surface area contributed by atoms with Crippen molar-refractivity contribution >= 4 is 35.0 Å². The molecule has 0 aromatic heterocycles. The number of aliphatic imine (C=N–C) groups is 1. The first-order valence-electron chi connectivity index (χ1n) is 11.3. The molecule has 1 aliphatic carbocycles. The number of piperidine rings is 1. The van der Waals surface area contributed by atoms with E-state index in [2.05, 4.69) is 10.3 Å². The highest BCUT2D eigenvalue weighted by molar-refractivity contribution is 6.30. The minimum Gasteiger partial charge on any atom is -0.368 e. The molecule has 2 aromatic carbocycles. The molecule has 0 radical (unpaired) electrons. The molecule has 5 rings (SSSR count). The van der Waals surface area contributed by atoms with E-state index in [4.69, 9.17) is 17.3 Å². The van der Waals surface area contributed by atoms with Crippen molar-refractivity contribution in [3.8, 4) is 0 Å². The van der Waals surface area contributed by atoms with E-state index in [1.807, 2.05) is 12.1 Å². The number of likely N-dealkylation sites (tertiary alicyclic amines) is 1. The number of primary amides is 1. The van der Waals surface area contributed by atoms with Crippen LogP contribution in [0.3, 0.4) is 0 Å². The molecule has 34 heavy (non-hydrogen) atoms. The Morgan fingerprint density at radius 1 is 1.15 bits per heavy atom. The van der Waals surface area contributed by atoms with Crippen LogP contribution in [-0.4, -0.2) is 40.4 Å². The number of amides is 3. The van der Waals surface area contributed by atoms with E-state index < -0.39 is 23.8 Å². The Hall–Kier alpha value is -3.26. The van der Waals surface area contributed by atoms with Crippen LogP contribution in [0.5, 0.6) is 0 Å². The first kappa shape index (κ1) is 22.5. The lowest BCUT2D eigenvalue weighted by Crippen LogP contribution is -2.53. The second kappa shape index (κ2) is 8.83. The van der Waals surface area contributed by atoms with Crippen LogP contribution in [0.4, 0.5) is 4.39 Å². The highest BCUT2D eigenvalue weighted by atomic mass is 35.5. The SMILES string of the molecule is NC(=O)C1N=C(CC(=O)N2[C@@H]3CC[C@@H](C3)[C@H]2C(=O)NCc2cccc(Cl)c2F)c2ccccc21. The lowest BCUT2D eigenvalue weighted by Gasteiger charge is -2.34. The standard InChI is InChI=1S/C25H24ClFN4O3/c26-18-7-3-4-14(21(18)27)12-29-25(34)23-13-8-9-15(10-13)31(23)20(32)11-19-16-5-1-2-6-17(16)22(30-19)24(28)33/h1-7,13,15,22-23H,8-12H2,(H2,28,33)(H,29,34)/t13-,15+,22?,23-/m0/s1. The second-order valence-corrected chi connectivity index (χ2v) is 9.46. The van der Waals surface area contributed by atoms with Crippen LogP contribution in [0.1, 0.15) is 48.4 Å². The Bertz CT molecular complexity index is 1220. The van der Waals surface area contributed by atoms with Gasteiger partial charge in [-0.25, -0.2) is 4.39 Å².